The molecule has 0 aliphatic carbocycles. The Morgan fingerprint density at radius 3 is 2.42 bits per heavy atom. The highest BCUT2D eigenvalue weighted by atomic mass is 35.5. The number of halogens is 1. The summed E-state index contributed by atoms with van der Waals surface area (Å²) in [5.41, 5.74) is 1.65. The van der Waals surface area contributed by atoms with Crippen molar-refractivity contribution in [2.75, 3.05) is 23.7 Å². The van der Waals surface area contributed by atoms with E-state index in [0.717, 1.165) is 31.6 Å². The Balaban J connectivity index is 1.36. The van der Waals surface area contributed by atoms with Gasteiger partial charge in [0.1, 0.15) is 5.82 Å². The summed E-state index contributed by atoms with van der Waals surface area (Å²) in [6.45, 7) is 4.93. The summed E-state index contributed by atoms with van der Waals surface area (Å²) in [5.74, 6) is 0.471. The summed E-state index contributed by atoms with van der Waals surface area (Å²) in [4.78, 5) is 19.6. The molecule has 33 heavy (non-hydrogen) atoms. The van der Waals surface area contributed by atoms with Gasteiger partial charge in [-0.05, 0) is 56.2 Å². The molecule has 0 unspecified atom stereocenters. The van der Waals surface area contributed by atoms with Crippen LogP contribution >= 0.6 is 11.6 Å². The van der Waals surface area contributed by atoms with Gasteiger partial charge in [-0.25, -0.2) is 18.1 Å². The first kappa shape index (κ1) is 23.3. The smallest absolute Gasteiger partial charge is 0.291 e. The summed E-state index contributed by atoms with van der Waals surface area (Å²) < 4.78 is 25.6. The van der Waals surface area contributed by atoms with Crippen molar-refractivity contribution in [3.05, 3.63) is 65.2 Å². The van der Waals surface area contributed by atoms with Gasteiger partial charge >= 0.3 is 0 Å². The van der Waals surface area contributed by atoms with E-state index in [-0.39, 0.29) is 23.5 Å². The van der Waals surface area contributed by atoms with Crippen molar-refractivity contribution < 1.29 is 13.2 Å². The lowest BCUT2D eigenvalue weighted by atomic mass is 10.0. The molecule has 3 aromatic rings. The highest BCUT2D eigenvalue weighted by Gasteiger charge is 2.24. The molecule has 0 bridgehead atoms. The molecule has 1 aliphatic rings. The second-order valence-electron chi connectivity index (χ2n) is 7.98. The first-order valence-electron chi connectivity index (χ1n) is 10.9. The van der Waals surface area contributed by atoms with Crippen LogP contribution < -0.4 is 10.2 Å². The SMILES string of the molecule is CCS(=O)(=O)c1ccc(N2CCC(NC(=O)c3nc(C)n(-c4ccccc4Cl)n3)CC2)cc1. The van der Waals surface area contributed by atoms with Crippen LogP contribution in [0.25, 0.3) is 5.69 Å². The van der Waals surface area contributed by atoms with Gasteiger partial charge in [0.25, 0.3) is 5.91 Å². The summed E-state index contributed by atoms with van der Waals surface area (Å²) in [6.07, 6.45) is 1.54. The normalized spacial score (nSPS) is 14.9. The average Bonchev–Trinajstić information content (AvgIpc) is 3.21. The number of nitrogens with one attached hydrogen (secondary N) is 1. The van der Waals surface area contributed by atoms with E-state index >= 15 is 0 Å². The number of nitrogens with zero attached hydrogens (tertiary/aromatic N) is 4. The molecule has 10 heteroatoms. The zero-order valence-corrected chi connectivity index (χ0v) is 20.1. The number of para-hydroxylation sites is 1. The summed E-state index contributed by atoms with van der Waals surface area (Å²) in [7, 11) is -3.20. The minimum atomic E-state index is -3.20. The molecule has 1 aromatic heterocycles. The summed E-state index contributed by atoms with van der Waals surface area (Å²) >= 11 is 6.25. The van der Waals surface area contributed by atoms with Crippen molar-refractivity contribution in [1.82, 2.24) is 20.1 Å². The molecule has 1 fully saturated rings. The fraction of sp³-hybridized carbons (Fsp3) is 0.348. The van der Waals surface area contributed by atoms with Crippen LogP contribution in [0.4, 0.5) is 5.69 Å². The van der Waals surface area contributed by atoms with Gasteiger partial charge in [-0.15, -0.1) is 5.10 Å². The predicted molar refractivity (Wildman–Crippen MR) is 128 cm³/mol. The molecule has 0 spiro atoms. The van der Waals surface area contributed by atoms with Gasteiger partial charge in [0.15, 0.2) is 9.84 Å². The number of carbonyl (C=O) groups is 1. The zero-order valence-electron chi connectivity index (χ0n) is 18.5. The predicted octanol–water partition coefficient (Wildman–Crippen LogP) is 3.42. The maximum absolute atomic E-state index is 12.8. The van der Waals surface area contributed by atoms with E-state index in [1.165, 1.54) is 0 Å². The average molecular weight is 488 g/mol. The van der Waals surface area contributed by atoms with Gasteiger partial charge in [-0.1, -0.05) is 30.7 Å². The molecular formula is C23H26ClN5O3S. The molecule has 4 rings (SSSR count). The number of aryl methyl sites for hydroxylation is 1. The van der Waals surface area contributed by atoms with Crippen molar-refractivity contribution in [3.63, 3.8) is 0 Å². The molecule has 1 aliphatic heterocycles. The number of aromatic nitrogens is 3. The molecule has 8 nitrogen and oxygen atoms in total. The van der Waals surface area contributed by atoms with Crippen molar-refractivity contribution >= 4 is 33.0 Å². The topological polar surface area (TPSA) is 97.2 Å². The standard InChI is InChI=1S/C23H26ClN5O3S/c1-3-33(31,32)19-10-8-18(9-11-19)28-14-12-17(13-15-28)26-23(30)22-25-16(2)29(27-22)21-7-5-4-6-20(21)24/h4-11,17H,3,12-15H2,1-2H3,(H,26,30). The van der Waals surface area contributed by atoms with Gasteiger partial charge in [-0.2, -0.15) is 0 Å². The fourth-order valence-electron chi connectivity index (χ4n) is 3.90. The quantitative estimate of drug-likeness (QED) is 0.572. The van der Waals surface area contributed by atoms with E-state index in [0.29, 0.717) is 21.4 Å². The maximum Gasteiger partial charge on any atom is 0.291 e. The van der Waals surface area contributed by atoms with Crippen molar-refractivity contribution in [1.29, 1.82) is 0 Å². The number of anilines is 1. The molecule has 2 aromatic carbocycles. The van der Waals surface area contributed by atoms with E-state index in [1.54, 1.807) is 36.7 Å². The first-order valence-corrected chi connectivity index (χ1v) is 12.9. The van der Waals surface area contributed by atoms with Crippen LogP contribution in [-0.2, 0) is 9.84 Å². The number of benzene rings is 2. The Hall–Kier alpha value is -2.91. The number of sulfone groups is 1. The lowest BCUT2D eigenvalue weighted by Gasteiger charge is -2.33. The molecular weight excluding hydrogens is 462 g/mol. The third-order valence-electron chi connectivity index (χ3n) is 5.82. The second-order valence-corrected chi connectivity index (χ2v) is 10.7. The van der Waals surface area contributed by atoms with Crippen molar-refractivity contribution in [3.8, 4) is 5.69 Å². The molecule has 1 saturated heterocycles. The number of amides is 1. The number of hydrogen-bond donors (Lipinski definition) is 1. The third kappa shape index (κ3) is 5.04. The van der Waals surface area contributed by atoms with Crippen LogP contribution in [0.2, 0.25) is 5.02 Å². The van der Waals surface area contributed by atoms with Crippen molar-refractivity contribution in [2.24, 2.45) is 0 Å². The summed E-state index contributed by atoms with van der Waals surface area (Å²) in [5, 5.41) is 7.92. The monoisotopic (exact) mass is 487 g/mol. The van der Waals surface area contributed by atoms with E-state index < -0.39 is 9.84 Å². The molecule has 174 valence electrons. The Morgan fingerprint density at radius 1 is 1.12 bits per heavy atom. The van der Waals surface area contributed by atoms with Gasteiger partial charge in [-0.3, -0.25) is 4.79 Å². The van der Waals surface area contributed by atoms with Crippen LogP contribution in [-0.4, -0.2) is 54.0 Å². The zero-order chi connectivity index (χ0) is 23.6. The maximum atomic E-state index is 12.8. The van der Waals surface area contributed by atoms with Crippen LogP contribution in [0, 0.1) is 6.92 Å². The molecule has 0 radical (unpaired) electrons. The minimum Gasteiger partial charge on any atom is -0.371 e. The Kier molecular flexibility index (Phi) is 6.71. The lowest BCUT2D eigenvalue weighted by molar-refractivity contribution is 0.0920. The van der Waals surface area contributed by atoms with E-state index in [4.69, 9.17) is 11.6 Å². The first-order chi connectivity index (χ1) is 15.8. The van der Waals surface area contributed by atoms with Crippen LogP contribution in [0.15, 0.2) is 53.4 Å². The van der Waals surface area contributed by atoms with Crippen LogP contribution in [0.3, 0.4) is 0 Å². The number of rotatable bonds is 6. The Bertz CT molecular complexity index is 1250. The van der Waals surface area contributed by atoms with Crippen LogP contribution in [0.5, 0.6) is 0 Å². The highest BCUT2D eigenvalue weighted by molar-refractivity contribution is 7.91. The molecule has 0 saturated carbocycles. The number of piperidine rings is 1. The Labute approximate surface area is 198 Å². The molecule has 0 atom stereocenters. The van der Waals surface area contributed by atoms with Crippen molar-refractivity contribution in [2.45, 2.75) is 37.6 Å². The Morgan fingerprint density at radius 2 is 1.79 bits per heavy atom. The van der Waals surface area contributed by atoms with Crippen LogP contribution in [0.1, 0.15) is 36.2 Å². The van der Waals surface area contributed by atoms with Gasteiger partial charge in [0, 0.05) is 24.8 Å². The number of carbonyl (C=O) groups excluding carboxylic acids is 1. The summed E-state index contributed by atoms with van der Waals surface area (Å²) in [6, 6.07) is 14.3. The van der Waals surface area contributed by atoms with E-state index in [1.807, 2.05) is 30.3 Å². The van der Waals surface area contributed by atoms with E-state index in [2.05, 4.69) is 20.3 Å². The van der Waals surface area contributed by atoms with Gasteiger partial charge in [0.2, 0.25) is 5.82 Å². The third-order valence-corrected chi connectivity index (χ3v) is 7.89. The minimum absolute atomic E-state index is 0.0149. The molecule has 1 amide bonds. The lowest BCUT2D eigenvalue weighted by Crippen LogP contribution is -2.45. The molecule has 2 heterocycles. The molecule has 1 N–H and O–H groups in total. The second kappa shape index (κ2) is 9.52. The highest BCUT2D eigenvalue weighted by Crippen LogP contribution is 2.23. The van der Waals surface area contributed by atoms with E-state index in [9.17, 15) is 13.2 Å². The number of hydrogen-bond acceptors (Lipinski definition) is 6. The largest absolute Gasteiger partial charge is 0.371 e. The fourth-order valence-corrected chi connectivity index (χ4v) is 5.00. The van der Waals surface area contributed by atoms with Gasteiger partial charge in [0.05, 0.1) is 21.4 Å². The van der Waals surface area contributed by atoms with Gasteiger partial charge < -0.3 is 10.2 Å².